The Labute approximate surface area is 108 Å². The van der Waals surface area contributed by atoms with Gasteiger partial charge in [-0.2, -0.15) is 0 Å². The normalized spacial score (nSPS) is 22.0. The Balaban J connectivity index is 2.00. The summed E-state index contributed by atoms with van der Waals surface area (Å²) in [5, 5.41) is 11.9. The van der Waals surface area contributed by atoms with Gasteiger partial charge in [0, 0.05) is 10.6 Å². The number of benzene rings is 1. The van der Waals surface area contributed by atoms with Crippen LogP contribution in [0.15, 0.2) is 24.3 Å². The lowest BCUT2D eigenvalue weighted by Gasteiger charge is -2.50. The molecule has 0 unspecified atom stereocenters. The van der Waals surface area contributed by atoms with Gasteiger partial charge in [-0.15, -0.1) is 0 Å². The van der Waals surface area contributed by atoms with Crippen LogP contribution in [-0.4, -0.2) is 5.11 Å². The van der Waals surface area contributed by atoms with E-state index in [0.29, 0.717) is 11.8 Å². The average molecular weight is 251 g/mol. The van der Waals surface area contributed by atoms with Crippen LogP contribution in [0.5, 0.6) is 0 Å². The quantitative estimate of drug-likeness (QED) is 0.855. The highest BCUT2D eigenvalue weighted by Crippen LogP contribution is 2.53. The zero-order valence-electron chi connectivity index (χ0n) is 10.0. The maximum atomic E-state index is 11.2. The Hall–Kier alpha value is -0.530. The first-order valence-electron chi connectivity index (χ1n) is 6.70. The molecule has 0 heterocycles. The molecule has 0 radical (unpaired) electrons. The van der Waals surface area contributed by atoms with Crippen LogP contribution in [0.1, 0.15) is 44.1 Å². The second-order valence-electron chi connectivity index (χ2n) is 5.56. The van der Waals surface area contributed by atoms with Crippen LogP contribution >= 0.6 is 11.6 Å². The Bertz CT molecular complexity index is 393. The summed E-state index contributed by atoms with van der Waals surface area (Å²) in [5.74, 6) is 0.848. The van der Waals surface area contributed by atoms with Crippen LogP contribution in [0.25, 0.3) is 0 Å². The number of halogens is 1. The molecule has 2 aliphatic carbocycles. The van der Waals surface area contributed by atoms with Gasteiger partial charge in [0.15, 0.2) is 0 Å². The van der Waals surface area contributed by atoms with Gasteiger partial charge in [0.05, 0.1) is 5.60 Å². The Kier molecular flexibility index (Phi) is 2.92. The van der Waals surface area contributed by atoms with Crippen LogP contribution in [-0.2, 0) is 5.60 Å². The van der Waals surface area contributed by atoms with Crippen molar-refractivity contribution in [2.45, 2.75) is 44.1 Å². The van der Waals surface area contributed by atoms with Crippen molar-refractivity contribution >= 4 is 11.6 Å². The Morgan fingerprint density at radius 3 is 1.94 bits per heavy atom. The van der Waals surface area contributed by atoms with E-state index >= 15 is 0 Å². The molecule has 1 N–H and O–H groups in total. The molecule has 1 nitrogen and oxygen atoms in total. The van der Waals surface area contributed by atoms with Gasteiger partial charge in [0.2, 0.25) is 0 Å². The molecule has 2 heteroatoms. The molecule has 0 saturated heterocycles. The predicted octanol–water partition coefficient (Wildman–Crippen LogP) is 4.13. The summed E-state index contributed by atoms with van der Waals surface area (Å²) in [6.07, 6.45) is 7.11. The molecule has 1 aromatic rings. The van der Waals surface area contributed by atoms with E-state index in [-0.39, 0.29) is 0 Å². The fourth-order valence-electron chi connectivity index (χ4n) is 3.26. The summed E-state index contributed by atoms with van der Waals surface area (Å²) >= 11 is 6.30. The van der Waals surface area contributed by atoms with Crippen molar-refractivity contribution < 1.29 is 5.11 Å². The van der Waals surface area contributed by atoms with E-state index in [4.69, 9.17) is 11.6 Å². The fourth-order valence-corrected chi connectivity index (χ4v) is 3.54. The highest BCUT2D eigenvalue weighted by molar-refractivity contribution is 6.31. The molecule has 0 aromatic heterocycles. The van der Waals surface area contributed by atoms with Crippen LogP contribution in [0.4, 0.5) is 0 Å². The third kappa shape index (κ3) is 1.71. The summed E-state index contributed by atoms with van der Waals surface area (Å²) in [6, 6.07) is 7.84. The molecule has 0 spiro atoms. The second-order valence-corrected chi connectivity index (χ2v) is 5.97. The molecule has 2 aliphatic rings. The van der Waals surface area contributed by atoms with Gasteiger partial charge in [-0.25, -0.2) is 0 Å². The first kappa shape index (κ1) is 11.6. The molecule has 17 heavy (non-hydrogen) atoms. The van der Waals surface area contributed by atoms with E-state index in [1.54, 1.807) is 0 Å². The van der Waals surface area contributed by atoms with E-state index in [0.717, 1.165) is 36.3 Å². The summed E-state index contributed by atoms with van der Waals surface area (Å²) in [6.45, 7) is 0. The van der Waals surface area contributed by atoms with Gasteiger partial charge in [-0.3, -0.25) is 0 Å². The molecule has 2 saturated carbocycles. The lowest BCUT2D eigenvalue weighted by atomic mass is 9.59. The van der Waals surface area contributed by atoms with Crippen molar-refractivity contribution in [2.75, 3.05) is 0 Å². The SMILES string of the molecule is OC(c1ccccc1Cl)(C1CCC1)C1CCC1. The fraction of sp³-hybridized carbons (Fsp3) is 0.600. The first-order chi connectivity index (χ1) is 8.23. The molecule has 92 valence electrons. The van der Waals surface area contributed by atoms with E-state index in [1.807, 2.05) is 24.3 Å². The second kappa shape index (κ2) is 4.29. The van der Waals surface area contributed by atoms with E-state index in [2.05, 4.69) is 0 Å². The van der Waals surface area contributed by atoms with Gasteiger partial charge in [0.25, 0.3) is 0 Å². The van der Waals surface area contributed by atoms with E-state index < -0.39 is 5.60 Å². The number of rotatable bonds is 3. The average Bonchev–Trinajstić information content (AvgIpc) is 2.11. The third-order valence-corrected chi connectivity index (χ3v) is 5.09. The van der Waals surface area contributed by atoms with Gasteiger partial charge >= 0.3 is 0 Å². The van der Waals surface area contributed by atoms with Crippen molar-refractivity contribution in [3.63, 3.8) is 0 Å². The summed E-state index contributed by atoms with van der Waals surface area (Å²) < 4.78 is 0. The van der Waals surface area contributed by atoms with Crippen molar-refractivity contribution in [2.24, 2.45) is 11.8 Å². The summed E-state index contributed by atoms with van der Waals surface area (Å²) in [5.41, 5.74) is 0.311. The topological polar surface area (TPSA) is 20.2 Å². The van der Waals surface area contributed by atoms with E-state index in [1.165, 1.54) is 12.8 Å². The minimum absolute atomic E-state index is 0.424. The summed E-state index contributed by atoms with van der Waals surface area (Å²) in [4.78, 5) is 0. The van der Waals surface area contributed by atoms with Crippen LogP contribution in [0.3, 0.4) is 0 Å². The maximum absolute atomic E-state index is 11.2. The first-order valence-corrected chi connectivity index (χ1v) is 7.08. The Morgan fingerprint density at radius 2 is 1.53 bits per heavy atom. The minimum Gasteiger partial charge on any atom is -0.385 e. The van der Waals surface area contributed by atoms with Crippen molar-refractivity contribution in [3.8, 4) is 0 Å². The minimum atomic E-state index is -0.658. The molecular weight excluding hydrogens is 232 g/mol. The van der Waals surface area contributed by atoms with Gasteiger partial charge in [0.1, 0.15) is 0 Å². The third-order valence-electron chi connectivity index (χ3n) is 4.76. The summed E-state index contributed by atoms with van der Waals surface area (Å²) in [7, 11) is 0. The lowest BCUT2D eigenvalue weighted by Crippen LogP contribution is -2.48. The van der Waals surface area contributed by atoms with Gasteiger partial charge in [-0.1, -0.05) is 42.6 Å². The van der Waals surface area contributed by atoms with Crippen molar-refractivity contribution in [1.29, 1.82) is 0 Å². The van der Waals surface area contributed by atoms with Crippen LogP contribution < -0.4 is 0 Å². The van der Waals surface area contributed by atoms with Gasteiger partial charge < -0.3 is 5.11 Å². The monoisotopic (exact) mass is 250 g/mol. The molecular formula is C15H19ClO. The van der Waals surface area contributed by atoms with Crippen molar-refractivity contribution in [3.05, 3.63) is 34.9 Å². The van der Waals surface area contributed by atoms with Gasteiger partial charge in [-0.05, 0) is 43.6 Å². The number of hydrogen-bond donors (Lipinski definition) is 1. The molecule has 0 aliphatic heterocycles. The molecule has 2 fully saturated rings. The lowest BCUT2D eigenvalue weighted by molar-refractivity contribution is -0.126. The highest BCUT2D eigenvalue weighted by Gasteiger charge is 2.49. The molecule has 0 bridgehead atoms. The zero-order chi connectivity index (χ0) is 11.9. The number of aliphatic hydroxyl groups is 1. The molecule has 0 amide bonds. The van der Waals surface area contributed by atoms with Crippen LogP contribution in [0.2, 0.25) is 5.02 Å². The largest absolute Gasteiger partial charge is 0.385 e. The molecule has 3 rings (SSSR count). The zero-order valence-corrected chi connectivity index (χ0v) is 10.8. The number of hydrogen-bond acceptors (Lipinski definition) is 1. The highest BCUT2D eigenvalue weighted by atomic mass is 35.5. The molecule has 0 atom stereocenters. The Morgan fingerprint density at radius 1 is 1.00 bits per heavy atom. The van der Waals surface area contributed by atoms with Crippen molar-refractivity contribution in [1.82, 2.24) is 0 Å². The van der Waals surface area contributed by atoms with Crippen LogP contribution in [0, 0.1) is 11.8 Å². The standard InChI is InChI=1S/C15H19ClO/c16-14-10-2-1-9-13(14)15(17,11-5-3-6-11)12-7-4-8-12/h1-2,9-12,17H,3-8H2. The predicted molar refractivity (Wildman–Crippen MR) is 70.0 cm³/mol. The maximum Gasteiger partial charge on any atom is 0.0966 e. The molecule has 1 aromatic carbocycles. The smallest absolute Gasteiger partial charge is 0.0966 e. The van der Waals surface area contributed by atoms with E-state index in [9.17, 15) is 5.11 Å².